The van der Waals surface area contributed by atoms with Gasteiger partial charge in [-0.1, -0.05) is 23.8 Å². The van der Waals surface area contributed by atoms with Crippen molar-refractivity contribution in [2.75, 3.05) is 32.0 Å². The first-order valence-electron chi connectivity index (χ1n) is 10.1. The van der Waals surface area contributed by atoms with E-state index in [-0.39, 0.29) is 11.9 Å². The van der Waals surface area contributed by atoms with Gasteiger partial charge in [0.15, 0.2) is 5.96 Å². The molecule has 0 amide bonds. The highest BCUT2D eigenvalue weighted by molar-refractivity contribution is 7.89. The number of hydrogen-bond donors (Lipinski definition) is 3. The topological polar surface area (TPSA) is 91.8 Å². The van der Waals surface area contributed by atoms with Crippen molar-refractivity contribution in [2.24, 2.45) is 4.99 Å². The molecule has 158 valence electrons. The van der Waals surface area contributed by atoms with Gasteiger partial charge in [0.05, 0.1) is 18.4 Å². The van der Waals surface area contributed by atoms with Crippen molar-refractivity contribution in [3.63, 3.8) is 0 Å². The van der Waals surface area contributed by atoms with Gasteiger partial charge in [0, 0.05) is 26.2 Å². The van der Waals surface area contributed by atoms with Crippen LogP contribution in [-0.2, 0) is 21.3 Å². The van der Waals surface area contributed by atoms with Crippen molar-refractivity contribution in [2.45, 2.75) is 52.7 Å². The Morgan fingerprint density at radius 1 is 1.25 bits per heavy atom. The molecule has 7 nitrogen and oxygen atoms in total. The summed E-state index contributed by atoms with van der Waals surface area (Å²) >= 11 is 0. The fourth-order valence-electron chi connectivity index (χ4n) is 3.09. The number of aryl methyl sites for hydroxylation is 2. The predicted molar refractivity (Wildman–Crippen MR) is 114 cm³/mol. The molecule has 1 unspecified atom stereocenters. The van der Waals surface area contributed by atoms with E-state index in [1.165, 1.54) is 11.1 Å². The molecule has 28 heavy (non-hydrogen) atoms. The molecule has 3 N–H and O–H groups in total. The maximum absolute atomic E-state index is 12.2. The number of nitrogens with zero attached hydrogens (tertiary/aromatic N) is 1. The molecule has 0 spiro atoms. The van der Waals surface area contributed by atoms with Crippen LogP contribution in [0.15, 0.2) is 23.2 Å². The molecule has 0 aromatic heterocycles. The molecule has 1 aliphatic rings. The third-order valence-corrected chi connectivity index (χ3v) is 6.07. The lowest BCUT2D eigenvalue weighted by Gasteiger charge is -2.22. The first kappa shape index (κ1) is 22.6. The van der Waals surface area contributed by atoms with Crippen LogP contribution < -0.4 is 15.4 Å². The van der Waals surface area contributed by atoms with Crippen LogP contribution >= 0.6 is 0 Å². The molecular weight excluding hydrogens is 376 g/mol. The van der Waals surface area contributed by atoms with E-state index in [1.54, 1.807) is 0 Å². The highest BCUT2D eigenvalue weighted by Crippen LogP contribution is 2.12. The van der Waals surface area contributed by atoms with Crippen LogP contribution in [0.25, 0.3) is 0 Å². The zero-order valence-electron chi connectivity index (χ0n) is 17.3. The molecule has 0 aliphatic carbocycles. The van der Waals surface area contributed by atoms with Gasteiger partial charge in [0.2, 0.25) is 10.0 Å². The van der Waals surface area contributed by atoms with E-state index in [0.29, 0.717) is 32.1 Å². The summed E-state index contributed by atoms with van der Waals surface area (Å²) in [5, 5.41) is 6.26. The van der Waals surface area contributed by atoms with E-state index in [1.807, 2.05) is 6.92 Å². The molecule has 1 heterocycles. The van der Waals surface area contributed by atoms with Gasteiger partial charge in [0.25, 0.3) is 0 Å². The van der Waals surface area contributed by atoms with Gasteiger partial charge in [-0.3, -0.25) is 0 Å². The summed E-state index contributed by atoms with van der Waals surface area (Å²) in [5.41, 5.74) is 3.59. The van der Waals surface area contributed by atoms with Gasteiger partial charge >= 0.3 is 0 Å². The molecule has 2 rings (SSSR count). The quantitative estimate of drug-likeness (QED) is 0.427. The highest BCUT2D eigenvalue weighted by Gasteiger charge is 2.17. The lowest BCUT2D eigenvalue weighted by molar-refractivity contribution is 0.0200. The Kier molecular flexibility index (Phi) is 9.21. The molecule has 1 saturated heterocycles. The predicted octanol–water partition coefficient (Wildman–Crippen LogP) is 1.85. The van der Waals surface area contributed by atoms with Gasteiger partial charge in [-0.25, -0.2) is 18.1 Å². The lowest BCUT2D eigenvalue weighted by Crippen LogP contribution is -2.42. The Morgan fingerprint density at radius 3 is 2.75 bits per heavy atom. The first-order valence-corrected chi connectivity index (χ1v) is 11.7. The zero-order valence-corrected chi connectivity index (χ0v) is 18.1. The molecule has 0 saturated carbocycles. The number of nitrogens with one attached hydrogen (secondary N) is 3. The Bertz CT molecular complexity index is 744. The number of guanidine groups is 1. The van der Waals surface area contributed by atoms with E-state index in [9.17, 15) is 8.42 Å². The van der Waals surface area contributed by atoms with Crippen LogP contribution in [0, 0.1) is 13.8 Å². The van der Waals surface area contributed by atoms with Gasteiger partial charge in [-0.05, 0) is 51.2 Å². The molecule has 1 atom stereocenters. The Balaban J connectivity index is 1.81. The second kappa shape index (κ2) is 11.4. The molecule has 1 aromatic rings. The van der Waals surface area contributed by atoms with Gasteiger partial charge in [0.1, 0.15) is 0 Å². The van der Waals surface area contributed by atoms with E-state index >= 15 is 0 Å². The van der Waals surface area contributed by atoms with E-state index in [2.05, 4.69) is 52.4 Å². The summed E-state index contributed by atoms with van der Waals surface area (Å²) in [5.74, 6) is 0.613. The summed E-state index contributed by atoms with van der Waals surface area (Å²) in [4.78, 5) is 4.57. The molecule has 0 radical (unpaired) electrons. The molecule has 1 fully saturated rings. The number of rotatable bonds is 9. The minimum Gasteiger partial charge on any atom is -0.377 e. The average Bonchev–Trinajstić information content (AvgIpc) is 2.66. The van der Waals surface area contributed by atoms with Crippen LogP contribution in [0.4, 0.5) is 0 Å². The second-order valence-corrected chi connectivity index (χ2v) is 9.13. The minimum atomic E-state index is -3.35. The maximum Gasteiger partial charge on any atom is 0.213 e. The first-order chi connectivity index (χ1) is 13.4. The van der Waals surface area contributed by atoms with Crippen molar-refractivity contribution < 1.29 is 13.2 Å². The molecule has 1 aromatic carbocycles. The summed E-state index contributed by atoms with van der Waals surface area (Å²) in [6.07, 6.45) is 3.06. The number of benzene rings is 1. The monoisotopic (exact) mass is 410 g/mol. The molecule has 1 aliphatic heterocycles. The van der Waals surface area contributed by atoms with Crippen LogP contribution in [0.2, 0.25) is 0 Å². The lowest BCUT2D eigenvalue weighted by atomic mass is 10.1. The molecule has 8 heteroatoms. The van der Waals surface area contributed by atoms with E-state index in [0.717, 1.165) is 31.4 Å². The highest BCUT2D eigenvalue weighted by atomic mass is 32.2. The summed E-state index contributed by atoms with van der Waals surface area (Å²) in [6, 6.07) is 6.30. The SMILES string of the molecule is CCNC(=NCc1ccc(C)cc1C)NCCS(=O)(=O)NCC1CCCCO1. The van der Waals surface area contributed by atoms with Crippen molar-refractivity contribution >= 4 is 16.0 Å². The summed E-state index contributed by atoms with van der Waals surface area (Å²) in [7, 11) is -3.35. The van der Waals surface area contributed by atoms with Crippen molar-refractivity contribution in [1.82, 2.24) is 15.4 Å². The van der Waals surface area contributed by atoms with Crippen LogP contribution in [0.3, 0.4) is 0 Å². The fourth-order valence-corrected chi connectivity index (χ4v) is 4.05. The maximum atomic E-state index is 12.2. The van der Waals surface area contributed by atoms with Crippen molar-refractivity contribution in [1.29, 1.82) is 0 Å². The van der Waals surface area contributed by atoms with Crippen molar-refractivity contribution in [3.8, 4) is 0 Å². The zero-order chi connectivity index (χ0) is 20.4. The summed E-state index contributed by atoms with van der Waals surface area (Å²) < 4.78 is 32.6. The smallest absolute Gasteiger partial charge is 0.213 e. The second-order valence-electron chi connectivity index (χ2n) is 7.21. The molecule has 0 bridgehead atoms. The normalized spacial score (nSPS) is 18.1. The third kappa shape index (κ3) is 8.16. The Labute approximate surface area is 169 Å². The third-order valence-electron chi connectivity index (χ3n) is 4.72. The minimum absolute atomic E-state index is 0.00626. The Morgan fingerprint density at radius 2 is 2.07 bits per heavy atom. The number of ether oxygens (including phenoxy) is 1. The molecular formula is C20H34N4O3S. The largest absolute Gasteiger partial charge is 0.377 e. The van der Waals surface area contributed by atoms with Crippen LogP contribution in [-0.4, -0.2) is 52.5 Å². The van der Waals surface area contributed by atoms with Crippen LogP contribution in [0.5, 0.6) is 0 Å². The Hall–Kier alpha value is -1.64. The van der Waals surface area contributed by atoms with Gasteiger partial charge < -0.3 is 15.4 Å². The number of sulfonamides is 1. The number of hydrogen-bond acceptors (Lipinski definition) is 4. The van der Waals surface area contributed by atoms with E-state index < -0.39 is 10.0 Å². The fraction of sp³-hybridized carbons (Fsp3) is 0.650. The number of aliphatic imine (C=N–C) groups is 1. The van der Waals surface area contributed by atoms with Gasteiger partial charge in [-0.2, -0.15) is 0 Å². The van der Waals surface area contributed by atoms with Gasteiger partial charge in [-0.15, -0.1) is 0 Å². The average molecular weight is 411 g/mol. The summed E-state index contributed by atoms with van der Waals surface area (Å²) in [6.45, 7) is 8.75. The van der Waals surface area contributed by atoms with Crippen LogP contribution in [0.1, 0.15) is 42.9 Å². The standard InChI is InChI=1S/C20H34N4O3S/c1-4-21-20(23-14-18-9-8-16(2)13-17(18)3)22-10-12-28(25,26)24-15-19-7-5-6-11-27-19/h8-9,13,19,24H,4-7,10-12,14-15H2,1-3H3,(H2,21,22,23). The van der Waals surface area contributed by atoms with Crippen molar-refractivity contribution in [3.05, 3.63) is 34.9 Å². The van der Waals surface area contributed by atoms with E-state index in [4.69, 9.17) is 4.74 Å².